The molecule has 0 aliphatic rings. The van der Waals surface area contributed by atoms with E-state index in [2.05, 4.69) is 17.1 Å². The molecule has 1 heterocycles. The number of aryl methyl sites for hydroxylation is 1. The zero-order valence-corrected chi connectivity index (χ0v) is 5.58. The van der Waals surface area contributed by atoms with Gasteiger partial charge in [-0.2, -0.15) is 13.2 Å². The van der Waals surface area contributed by atoms with Crippen LogP contribution in [-0.4, -0.2) is 4.98 Å². The third kappa shape index (κ3) is 1.93. The summed E-state index contributed by atoms with van der Waals surface area (Å²) in [5.41, 5.74) is -0.884. The third-order valence-electron chi connectivity index (χ3n) is 0.972. The fraction of sp³-hybridized carbons (Fsp3) is 0.286. The van der Waals surface area contributed by atoms with E-state index in [1.54, 1.807) is 0 Å². The van der Waals surface area contributed by atoms with Gasteiger partial charge in [0.1, 0.15) is 0 Å². The Labute approximate surface area is 61.9 Å². The van der Waals surface area contributed by atoms with Crippen LogP contribution < -0.4 is 0 Å². The number of pyridine rings is 1. The number of halogens is 3. The Kier molecular flexibility index (Phi) is 1.85. The summed E-state index contributed by atoms with van der Waals surface area (Å²) < 4.78 is 35.5. The normalized spacial score (nSPS) is 11.6. The van der Waals surface area contributed by atoms with Gasteiger partial charge in [0.05, 0.1) is 0 Å². The first-order valence-electron chi connectivity index (χ1n) is 2.76. The van der Waals surface area contributed by atoms with Crippen molar-refractivity contribution in [3.63, 3.8) is 0 Å². The van der Waals surface area contributed by atoms with E-state index in [1.165, 1.54) is 6.92 Å². The summed E-state index contributed by atoms with van der Waals surface area (Å²) in [6.45, 7) is 1.42. The van der Waals surface area contributed by atoms with Gasteiger partial charge in [-0.3, -0.25) is 0 Å². The second-order valence-electron chi connectivity index (χ2n) is 1.92. The Balaban J connectivity index is 3.06. The van der Waals surface area contributed by atoms with Crippen LogP contribution in [0.1, 0.15) is 11.4 Å². The van der Waals surface area contributed by atoms with Gasteiger partial charge in [-0.25, -0.2) is 4.98 Å². The molecule has 0 atom stereocenters. The van der Waals surface area contributed by atoms with Crippen molar-refractivity contribution in [1.82, 2.24) is 4.98 Å². The minimum atomic E-state index is -4.43. The summed E-state index contributed by atoms with van der Waals surface area (Å²) in [7, 11) is 0. The van der Waals surface area contributed by atoms with Crippen molar-refractivity contribution in [2.45, 2.75) is 13.1 Å². The zero-order chi connectivity index (χ0) is 8.48. The Bertz CT molecular complexity index is 254. The minimum absolute atomic E-state index is 0.163. The Morgan fingerprint density at radius 3 is 2.27 bits per heavy atom. The first-order valence-corrected chi connectivity index (χ1v) is 2.76. The molecule has 11 heavy (non-hydrogen) atoms. The van der Waals surface area contributed by atoms with Crippen molar-refractivity contribution < 1.29 is 13.2 Å². The highest BCUT2D eigenvalue weighted by atomic mass is 19.4. The van der Waals surface area contributed by atoms with Crippen molar-refractivity contribution >= 4 is 0 Å². The molecule has 3 radical (unpaired) electrons. The van der Waals surface area contributed by atoms with Gasteiger partial charge in [0.25, 0.3) is 0 Å². The molecule has 4 heteroatoms. The summed E-state index contributed by atoms with van der Waals surface area (Å²) in [5.74, 6) is 0. The Hall–Kier alpha value is -1.06. The van der Waals surface area contributed by atoms with E-state index in [4.69, 9.17) is 0 Å². The molecule has 0 aliphatic heterocycles. The highest BCUT2D eigenvalue weighted by molar-refractivity contribution is 5.08. The molecular formula is C7H3F3N. The third-order valence-corrected chi connectivity index (χ3v) is 0.972. The molecule has 57 valence electrons. The monoisotopic (exact) mass is 158 g/mol. The molecule has 0 amide bonds. The van der Waals surface area contributed by atoms with Crippen molar-refractivity contribution in [3.05, 3.63) is 29.6 Å². The van der Waals surface area contributed by atoms with E-state index in [1.807, 2.05) is 6.07 Å². The van der Waals surface area contributed by atoms with Gasteiger partial charge in [-0.05, 0) is 6.92 Å². The number of aromatic nitrogens is 1. The second-order valence-corrected chi connectivity index (χ2v) is 1.92. The molecule has 1 aromatic heterocycles. The van der Waals surface area contributed by atoms with Crippen LogP contribution in [0.2, 0.25) is 0 Å². The predicted octanol–water partition coefficient (Wildman–Crippen LogP) is 1.81. The van der Waals surface area contributed by atoms with Crippen molar-refractivity contribution in [3.8, 4) is 0 Å². The van der Waals surface area contributed by atoms with Crippen LogP contribution in [0.25, 0.3) is 0 Å². The highest BCUT2D eigenvalue weighted by Gasteiger charge is 2.32. The molecule has 0 unspecified atom stereocenters. The average molecular weight is 158 g/mol. The van der Waals surface area contributed by atoms with Crippen molar-refractivity contribution in [2.24, 2.45) is 0 Å². The van der Waals surface area contributed by atoms with E-state index in [9.17, 15) is 13.2 Å². The lowest BCUT2D eigenvalue weighted by Crippen LogP contribution is -2.08. The van der Waals surface area contributed by atoms with E-state index < -0.39 is 11.9 Å². The largest absolute Gasteiger partial charge is 0.433 e. The first kappa shape index (κ1) is 8.04. The van der Waals surface area contributed by atoms with Gasteiger partial charge in [0.2, 0.25) is 0 Å². The van der Waals surface area contributed by atoms with E-state index in [0.717, 1.165) is 0 Å². The summed E-state index contributed by atoms with van der Waals surface area (Å²) >= 11 is 0. The predicted molar refractivity (Wildman–Crippen MR) is 30.5 cm³/mol. The van der Waals surface area contributed by atoms with Crippen LogP contribution in [-0.2, 0) is 6.18 Å². The maximum Gasteiger partial charge on any atom is 0.433 e. The second kappa shape index (κ2) is 2.53. The number of hydrogen-bond acceptors (Lipinski definition) is 1. The van der Waals surface area contributed by atoms with E-state index in [0.29, 0.717) is 0 Å². The molecule has 0 saturated carbocycles. The van der Waals surface area contributed by atoms with Crippen LogP contribution in [0.3, 0.4) is 0 Å². The van der Waals surface area contributed by atoms with Gasteiger partial charge < -0.3 is 0 Å². The van der Waals surface area contributed by atoms with Gasteiger partial charge in [-0.1, -0.05) is 0 Å². The smallest absolute Gasteiger partial charge is 0.247 e. The average Bonchev–Trinajstić information content (AvgIpc) is 1.86. The molecular weight excluding hydrogens is 155 g/mol. The Morgan fingerprint density at radius 1 is 1.27 bits per heavy atom. The van der Waals surface area contributed by atoms with Crippen LogP contribution in [0.4, 0.5) is 13.2 Å². The standard InChI is InChI=1S/C7H3F3N/c1-5-3-2-4-6(11-5)7(8,9)10/h1H3. The maximum atomic E-state index is 11.8. The lowest BCUT2D eigenvalue weighted by Gasteiger charge is -2.03. The van der Waals surface area contributed by atoms with Gasteiger partial charge in [-0.15, -0.1) is 0 Å². The van der Waals surface area contributed by atoms with Crippen molar-refractivity contribution in [1.29, 1.82) is 0 Å². The zero-order valence-electron chi connectivity index (χ0n) is 5.58. The molecule has 0 aliphatic carbocycles. The summed E-state index contributed by atoms with van der Waals surface area (Å²) in [6.07, 6.45) is -4.43. The fourth-order valence-corrected chi connectivity index (χ4v) is 0.539. The van der Waals surface area contributed by atoms with Gasteiger partial charge in [0.15, 0.2) is 5.69 Å². The number of hydrogen-bond donors (Lipinski definition) is 0. The maximum absolute atomic E-state index is 11.8. The Morgan fingerprint density at radius 2 is 1.91 bits per heavy atom. The summed E-state index contributed by atoms with van der Waals surface area (Å²) in [4.78, 5) is 3.18. The summed E-state index contributed by atoms with van der Waals surface area (Å²) in [6, 6.07) is 6.29. The number of nitrogens with zero attached hydrogens (tertiary/aromatic N) is 1. The number of rotatable bonds is 0. The number of alkyl halides is 3. The van der Waals surface area contributed by atoms with Crippen LogP contribution in [0.5, 0.6) is 0 Å². The first-order chi connectivity index (χ1) is 5.00. The molecule has 0 N–H and O–H groups in total. The minimum Gasteiger partial charge on any atom is -0.247 e. The lowest BCUT2D eigenvalue weighted by molar-refractivity contribution is -0.141. The highest BCUT2D eigenvalue weighted by Crippen LogP contribution is 2.26. The molecule has 1 aromatic rings. The SMILES string of the molecule is Cc1[c][c][c]c(C(F)(F)F)n1. The van der Waals surface area contributed by atoms with Crippen LogP contribution >= 0.6 is 0 Å². The van der Waals surface area contributed by atoms with Gasteiger partial charge in [0, 0.05) is 23.9 Å². The van der Waals surface area contributed by atoms with Crippen molar-refractivity contribution in [2.75, 3.05) is 0 Å². The molecule has 0 spiro atoms. The van der Waals surface area contributed by atoms with Crippen LogP contribution in [0, 0.1) is 25.1 Å². The van der Waals surface area contributed by atoms with E-state index >= 15 is 0 Å². The molecule has 0 bridgehead atoms. The quantitative estimate of drug-likeness (QED) is 0.561. The molecule has 0 saturated heterocycles. The molecule has 1 nitrogen and oxygen atoms in total. The molecule has 0 fully saturated rings. The lowest BCUT2D eigenvalue weighted by atomic mass is 10.3. The molecule has 1 rings (SSSR count). The molecule has 0 aromatic carbocycles. The topological polar surface area (TPSA) is 12.9 Å². The van der Waals surface area contributed by atoms with Gasteiger partial charge >= 0.3 is 6.18 Å². The summed E-state index contributed by atoms with van der Waals surface area (Å²) in [5, 5.41) is 0. The fourth-order valence-electron chi connectivity index (χ4n) is 0.539. The van der Waals surface area contributed by atoms with E-state index in [-0.39, 0.29) is 5.69 Å². The van der Waals surface area contributed by atoms with Crippen LogP contribution in [0.15, 0.2) is 0 Å².